The number of aromatic nitrogens is 2. The summed E-state index contributed by atoms with van der Waals surface area (Å²) < 4.78 is 32.3. The van der Waals surface area contributed by atoms with Crippen molar-refractivity contribution in [1.29, 1.82) is 0 Å². The van der Waals surface area contributed by atoms with E-state index < -0.39 is 10.0 Å². The van der Waals surface area contributed by atoms with Crippen molar-refractivity contribution in [2.24, 2.45) is 0 Å². The molecule has 0 atom stereocenters. The summed E-state index contributed by atoms with van der Waals surface area (Å²) in [5.41, 5.74) is 0.811. The highest BCUT2D eigenvalue weighted by atomic mass is 32.2. The third-order valence-electron chi connectivity index (χ3n) is 3.81. The Hall–Kier alpha value is -1.99. The van der Waals surface area contributed by atoms with Crippen LogP contribution in [0, 0.1) is 0 Å². The molecule has 0 unspecified atom stereocenters. The first-order chi connectivity index (χ1) is 11.1. The minimum atomic E-state index is -3.28. The first-order valence-electron chi connectivity index (χ1n) is 7.58. The van der Waals surface area contributed by atoms with Gasteiger partial charge in [-0.2, -0.15) is 0 Å². The van der Waals surface area contributed by atoms with Crippen LogP contribution in [0.2, 0.25) is 0 Å². The molecule has 1 aromatic carbocycles. The van der Waals surface area contributed by atoms with E-state index in [9.17, 15) is 8.42 Å². The zero-order valence-corrected chi connectivity index (χ0v) is 13.5. The lowest BCUT2D eigenvalue weighted by molar-refractivity contribution is 0.129. The lowest BCUT2D eigenvalue weighted by Crippen LogP contribution is -2.42. The highest BCUT2D eigenvalue weighted by Gasteiger charge is 2.29. The van der Waals surface area contributed by atoms with Gasteiger partial charge < -0.3 is 4.74 Å². The van der Waals surface area contributed by atoms with E-state index in [1.165, 1.54) is 0 Å². The van der Waals surface area contributed by atoms with Crippen molar-refractivity contribution in [3.8, 4) is 5.88 Å². The van der Waals surface area contributed by atoms with E-state index in [1.54, 1.807) is 22.9 Å². The molecular formula is C16H19N3O3S. The number of benzene rings is 1. The highest BCUT2D eigenvalue weighted by molar-refractivity contribution is 7.88. The lowest BCUT2D eigenvalue weighted by atomic mass is 10.1. The van der Waals surface area contributed by atoms with E-state index in [0.29, 0.717) is 31.8 Å². The number of hydrogen-bond donors (Lipinski definition) is 0. The molecule has 1 aliphatic heterocycles. The summed E-state index contributed by atoms with van der Waals surface area (Å²) in [4.78, 5) is 8.04. The summed E-state index contributed by atoms with van der Waals surface area (Å²) in [6, 6.07) is 9.26. The zero-order chi connectivity index (χ0) is 16.1. The van der Waals surface area contributed by atoms with E-state index in [-0.39, 0.29) is 11.9 Å². The van der Waals surface area contributed by atoms with Crippen LogP contribution in [0.5, 0.6) is 5.88 Å². The number of sulfonamides is 1. The van der Waals surface area contributed by atoms with E-state index in [4.69, 9.17) is 4.74 Å². The third-order valence-corrected chi connectivity index (χ3v) is 5.66. The van der Waals surface area contributed by atoms with Gasteiger partial charge in [-0.15, -0.1) is 0 Å². The fourth-order valence-corrected chi connectivity index (χ4v) is 4.18. The van der Waals surface area contributed by atoms with Gasteiger partial charge in [-0.05, 0) is 18.4 Å². The quantitative estimate of drug-likeness (QED) is 0.835. The monoisotopic (exact) mass is 333 g/mol. The Labute approximate surface area is 136 Å². The molecular weight excluding hydrogens is 314 g/mol. The second-order valence-corrected chi connectivity index (χ2v) is 7.47. The van der Waals surface area contributed by atoms with Crippen LogP contribution in [0.4, 0.5) is 0 Å². The van der Waals surface area contributed by atoms with Gasteiger partial charge in [-0.1, -0.05) is 30.3 Å². The SMILES string of the molecule is O=S(=O)(Cc1ccccc1)N1CCC(Oc2cnccn2)CC1. The maximum Gasteiger partial charge on any atom is 0.232 e. The summed E-state index contributed by atoms with van der Waals surface area (Å²) >= 11 is 0. The van der Waals surface area contributed by atoms with Crippen molar-refractivity contribution >= 4 is 10.0 Å². The number of nitrogens with zero attached hydrogens (tertiary/aromatic N) is 3. The second-order valence-electron chi connectivity index (χ2n) is 5.50. The van der Waals surface area contributed by atoms with E-state index in [1.807, 2.05) is 30.3 Å². The van der Waals surface area contributed by atoms with Crippen LogP contribution in [-0.2, 0) is 15.8 Å². The van der Waals surface area contributed by atoms with Crippen LogP contribution in [0.3, 0.4) is 0 Å². The Kier molecular flexibility index (Phi) is 4.88. The molecule has 1 saturated heterocycles. The molecule has 7 heteroatoms. The van der Waals surface area contributed by atoms with Gasteiger partial charge in [0.2, 0.25) is 15.9 Å². The predicted molar refractivity (Wildman–Crippen MR) is 86.3 cm³/mol. The van der Waals surface area contributed by atoms with E-state index in [0.717, 1.165) is 5.56 Å². The molecule has 122 valence electrons. The summed E-state index contributed by atoms with van der Waals surface area (Å²) in [7, 11) is -3.28. The van der Waals surface area contributed by atoms with E-state index in [2.05, 4.69) is 9.97 Å². The molecule has 23 heavy (non-hydrogen) atoms. The summed E-state index contributed by atoms with van der Waals surface area (Å²) in [6.45, 7) is 0.945. The van der Waals surface area contributed by atoms with Crippen molar-refractivity contribution in [2.75, 3.05) is 13.1 Å². The molecule has 3 rings (SSSR count). The average molecular weight is 333 g/mol. The first kappa shape index (κ1) is 15.9. The fraction of sp³-hybridized carbons (Fsp3) is 0.375. The van der Waals surface area contributed by atoms with Crippen molar-refractivity contribution < 1.29 is 13.2 Å². The molecule has 1 aromatic heterocycles. The summed E-state index contributed by atoms with van der Waals surface area (Å²) in [5.74, 6) is 0.530. The summed E-state index contributed by atoms with van der Waals surface area (Å²) in [6.07, 6.45) is 6.03. The maximum atomic E-state index is 12.5. The van der Waals surface area contributed by atoms with Crippen LogP contribution in [0.15, 0.2) is 48.9 Å². The summed E-state index contributed by atoms with van der Waals surface area (Å²) in [5, 5.41) is 0. The molecule has 0 aliphatic carbocycles. The van der Waals surface area contributed by atoms with Gasteiger partial charge >= 0.3 is 0 Å². The van der Waals surface area contributed by atoms with Crippen molar-refractivity contribution in [3.63, 3.8) is 0 Å². The van der Waals surface area contributed by atoms with Crippen molar-refractivity contribution in [1.82, 2.24) is 14.3 Å². The van der Waals surface area contributed by atoms with Gasteiger partial charge in [0.05, 0.1) is 11.9 Å². The Bertz CT molecular complexity index is 715. The number of rotatable bonds is 5. The van der Waals surface area contributed by atoms with Gasteiger partial charge in [-0.3, -0.25) is 4.98 Å². The van der Waals surface area contributed by atoms with Crippen molar-refractivity contribution in [2.45, 2.75) is 24.7 Å². The largest absolute Gasteiger partial charge is 0.473 e. The molecule has 2 aromatic rings. The van der Waals surface area contributed by atoms with Gasteiger partial charge in [0.1, 0.15) is 6.10 Å². The normalized spacial score (nSPS) is 17.0. The molecule has 0 spiro atoms. The van der Waals surface area contributed by atoms with E-state index >= 15 is 0 Å². The molecule has 1 aliphatic rings. The topological polar surface area (TPSA) is 72.4 Å². The Morgan fingerprint density at radius 3 is 2.52 bits per heavy atom. The minimum Gasteiger partial charge on any atom is -0.473 e. The number of ether oxygens (including phenoxy) is 1. The number of piperidine rings is 1. The maximum absolute atomic E-state index is 12.5. The van der Waals surface area contributed by atoms with Crippen LogP contribution in [-0.4, -0.2) is 41.9 Å². The molecule has 0 bridgehead atoms. The van der Waals surface area contributed by atoms with Crippen LogP contribution < -0.4 is 4.74 Å². The van der Waals surface area contributed by atoms with Crippen LogP contribution in [0.25, 0.3) is 0 Å². The predicted octanol–water partition coefficient (Wildman–Crippen LogP) is 1.85. The zero-order valence-electron chi connectivity index (χ0n) is 12.7. The van der Waals surface area contributed by atoms with Gasteiger partial charge in [0.25, 0.3) is 0 Å². The Morgan fingerprint density at radius 1 is 1.13 bits per heavy atom. The van der Waals surface area contributed by atoms with Crippen LogP contribution in [0.1, 0.15) is 18.4 Å². The molecule has 2 heterocycles. The first-order valence-corrected chi connectivity index (χ1v) is 9.19. The highest BCUT2D eigenvalue weighted by Crippen LogP contribution is 2.20. The lowest BCUT2D eigenvalue weighted by Gasteiger charge is -2.31. The smallest absolute Gasteiger partial charge is 0.232 e. The standard InChI is InChI=1S/C16H19N3O3S/c20-23(21,13-14-4-2-1-3-5-14)19-10-6-15(7-11-19)22-16-12-17-8-9-18-16/h1-5,8-9,12,15H,6-7,10-11,13H2. The fourth-order valence-electron chi connectivity index (χ4n) is 2.62. The Balaban J connectivity index is 1.56. The second kappa shape index (κ2) is 7.06. The molecule has 0 N–H and O–H groups in total. The molecule has 0 saturated carbocycles. The third kappa shape index (κ3) is 4.27. The van der Waals surface area contributed by atoms with Crippen LogP contribution >= 0.6 is 0 Å². The number of hydrogen-bond acceptors (Lipinski definition) is 5. The Morgan fingerprint density at radius 2 is 1.87 bits per heavy atom. The molecule has 0 radical (unpaired) electrons. The minimum absolute atomic E-state index is 0.0186. The van der Waals surface area contributed by atoms with Gasteiger partial charge in [-0.25, -0.2) is 17.7 Å². The molecule has 1 fully saturated rings. The van der Waals surface area contributed by atoms with Gasteiger partial charge in [0.15, 0.2) is 0 Å². The molecule has 6 nitrogen and oxygen atoms in total. The average Bonchev–Trinajstić information content (AvgIpc) is 2.57. The van der Waals surface area contributed by atoms with Crippen molar-refractivity contribution in [3.05, 3.63) is 54.5 Å². The van der Waals surface area contributed by atoms with Gasteiger partial charge in [0, 0.05) is 25.5 Å². The molecule has 0 amide bonds.